The van der Waals surface area contributed by atoms with E-state index in [9.17, 15) is 0 Å². The lowest BCUT2D eigenvalue weighted by Crippen LogP contribution is -3.00. The molecule has 0 N–H and O–H groups in total. The van der Waals surface area contributed by atoms with Crippen molar-refractivity contribution in [3.05, 3.63) is 53.7 Å². The fraction of sp³-hybridized carbons (Fsp3) is 0.250. The van der Waals surface area contributed by atoms with Gasteiger partial charge in [-0.15, -0.1) is 0 Å². The number of hydrogen-bond acceptors (Lipinski definition) is 3. The summed E-state index contributed by atoms with van der Waals surface area (Å²) in [7, 11) is -1.96. The molecule has 3 aromatic rings. The van der Waals surface area contributed by atoms with Crippen LogP contribution < -0.4 is 40.5 Å². The van der Waals surface area contributed by atoms with Crippen LogP contribution in [0.25, 0.3) is 0 Å². The maximum Gasteiger partial charge on any atom is 0.262 e. The summed E-state index contributed by atoms with van der Waals surface area (Å²) in [4.78, 5) is 0. The van der Waals surface area contributed by atoms with Crippen LogP contribution in [0.4, 0.5) is 0 Å². The van der Waals surface area contributed by atoms with Gasteiger partial charge in [0, 0.05) is 18.2 Å². The highest BCUT2D eigenvalue weighted by Gasteiger charge is 2.50. The Morgan fingerprint density at radius 2 is 0.905 bits per heavy atom. The van der Waals surface area contributed by atoms with Gasteiger partial charge in [0.1, 0.15) is 17.3 Å². The predicted octanol–water partition coefficient (Wildman–Crippen LogP) is 0.319. The lowest BCUT2D eigenvalue weighted by atomic mass is 10.5. The minimum absolute atomic E-state index is 0. The topological polar surface area (TPSA) is 39.4 Å². The molecule has 21 heavy (non-hydrogen) atoms. The van der Waals surface area contributed by atoms with Crippen molar-refractivity contribution in [3.63, 3.8) is 0 Å². The molecule has 0 atom stereocenters. The van der Waals surface area contributed by atoms with E-state index < -0.39 is 7.26 Å². The Labute approximate surface area is 142 Å². The molecule has 0 aromatic carbocycles. The van der Waals surface area contributed by atoms with Crippen LogP contribution in [0.3, 0.4) is 0 Å². The van der Waals surface area contributed by atoms with Crippen molar-refractivity contribution in [3.8, 4) is 0 Å². The average molecular weight is 416 g/mol. The molecule has 112 valence electrons. The van der Waals surface area contributed by atoms with Gasteiger partial charge in [-0.25, -0.2) is 0 Å². The third-order valence-electron chi connectivity index (χ3n) is 3.50. The zero-order valence-corrected chi connectivity index (χ0v) is 15.6. The van der Waals surface area contributed by atoms with E-state index in [1.165, 1.54) is 0 Å². The van der Waals surface area contributed by atoms with Crippen LogP contribution in [0.5, 0.6) is 0 Å². The van der Waals surface area contributed by atoms with Crippen LogP contribution in [0.1, 0.15) is 17.3 Å². The van der Waals surface area contributed by atoms with Crippen molar-refractivity contribution < 1.29 is 37.2 Å². The molecule has 0 fully saturated rings. The molecule has 3 nitrogen and oxygen atoms in total. The SMILES string of the molecule is Cc1ccc([P+](C)(c2ccc(C)o2)c2ccc(C)o2)o1.[I-]. The van der Waals surface area contributed by atoms with E-state index in [0.717, 1.165) is 33.8 Å². The molecular formula is C16H18IO3P. The van der Waals surface area contributed by atoms with Gasteiger partial charge in [-0.3, -0.25) is 0 Å². The van der Waals surface area contributed by atoms with Crippen molar-refractivity contribution in [2.45, 2.75) is 20.8 Å². The summed E-state index contributed by atoms with van der Waals surface area (Å²) >= 11 is 0. The van der Waals surface area contributed by atoms with Crippen LogP contribution in [0, 0.1) is 20.8 Å². The molecule has 0 unspecified atom stereocenters. The highest BCUT2D eigenvalue weighted by Crippen LogP contribution is 2.52. The van der Waals surface area contributed by atoms with Crippen molar-refractivity contribution in [1.82, 2.24) is 0 Å². The maximum atomic E-state index is 5.91. The number of rotatable bonds is 3. The van der Waals surface area contributed by atoms with Crippen LogP contribution in [-0.2, 0) is 0 Å². The molecule has 5 heteroatoms. The fourth-order valence-corrected chi connectivity index (χ4v) is 5.06. The Balaban J connectivity index is 0.00000161. The monoisotopic (exact) mass is 416 g/mol. The van der Waals surface area contributed by atoms with E-state index in [2.05, 4.69) is 6.66 Å². The van der Waals surface area contributed by atoms with E-state index in [1.807, 2.05) is 57.2 Å². The van der Waals surface area contributed by atoms with Gasteiger partial charge in [-0.05, 0) is 39.0 Å². The summed E-state index contributed by atoms with van der Waals surface area (Å²) in [6, 6.07) is 12.0. The maximum absolute atomic E-state index is 5.91. The highest BCUT2D eigenvalue weighted by atomic mass is 127. The van der Waals surface area contributed by atoms with Gasteiger partial charge in [-0.1, -0.05) is 0 Å². The van der Waals surface area contributed by atoms with E-state index in [4.69, 9.17) is 13.3 Å². The minimum Gasteiger partial charge on any atom is -1.00 e. The minimum atomic E-state index is -1.96. The van der Waals surface area contributed by atoms with Gasteiger partial charge in [0.05, 0.1) is 6.66 Å². The van der Waals surface area contributed by atoms with E-state index in [0.29, 0.717) is 0 Å². The first kappa shape index (κ1) is 16.4. The van der Waals surface area contributed by atoms with Crippen LogP contribution >= 0.6 is 7.26 Å². The first-order valence-electron chi connectivity index (χ1n) is 6.57. The summed E-state index contributed by atoms with van der Waals surface area (Å²) in [6.45, 7) is 8.03. The molecule has 0 aliphatic heterocycles. The zero-order valence-electron chi connectivity index (χ0n) is 12.5. The molecule has 3 aromatic heterocycles. The zero-order chi connectivity index (χ0) is 14.3. The second kappa shape index (κ2) is 6.01. The lowest BCUT2D eigenvalue weighted by molar-refractivity contribution is -0.00000602. The first-order chi connectivity index (χ1) is 9.50. The summed E-state index contributed by atoms with van der Waals surface area (Å²) in [6.07, 6.45) is 0. The summed E-state index contributed by atoms with van der Waals surface area (Å²) < 4.78 is 17.7. The summed E-state index contributed by atoms with van der Waals surface area (Å²) in [5.41, 5.74) is 2.79. The second-order valence-corrected chi connectivity index (χ2v) is 8.49. The highest BCUT2D eigenvalue weighted by molar-refractivity contribution is 7.94. The van der Waals surface area contributed by atoms with Crippen molar-refractivity contribution in [1.29, 1.82) is 0 Å². The number of furan rings is 3. The smallest absolute Gasteiger partial charge is 0.262 e. The molecule has 0 amide bonds. The molecular weight excluding hydrogens is 398 g/mol. The number of halogens is 1. The van der Waals surface area contributed by atoms with E-state index in [1.54, 1.807) is 0 Å². The van der Waals surface area contributed by atoms with Crippen LogP contribution in [-0.4, -0.2) is 6.66 Å². The largest absolute Gasteiger partial charge is 1.00 e. The van der Waals surface area contributed by atoms with Crippen molar-refractivity contribution in [2.75, 3.05) is 6.66 Å². The molecule has 0 saturated heterocycles. The second-order valence-electron chi connectivity index (χ2n) is 5.16. The molecule has 0 aliphatic rings. The summed E-state index contributed by atoms with van der Waals surface area (Å²) in [5, 5.41) is 0. The standard InChI is InChI=1S/C16H18O3P.HI/c1-11-5-8-14(17-11)20(4,15-9-6-12(2)18-15)16-10-7-13(3)19-16;/h5-10H,1-4H3;1H/q+1;/p-1. The van der Waals surface area contributed by atoms with Crippen molar-refractivity contribution in [2.24, 2.45) is 0 Å². The molecule has 0 bridgehead atoms. The van der Waals surface area contributed by atoms with E-state index in [-0.39, 0.29) is 24.0 Å². The third-order valence-corrected chi connectivity index (χ3v) is 6.87. The molecule has 3 rings (SSSR count). The fourth-order valence-electron chi connectivity index (χ4n) is 2.31. The van der Waals surface area contributed by atoms with Crippen molar-refractivity contribution >= 4 is 23.8 Å². The van der Waals surface area contributed by atoms with Crippen LogP contribution in [0.15, 0.2) is 49.6 Å². The normalized spacial score (nSPS) is 11.4. The quantitative estimate of drug-likeness (QED) is 0.456. The van der Waals surface area contributed by atoms with Gasteiger partial charge in [0.2, 0.25) is 7.26 Å². The lowest BCUT2D eigenvalue weighted by Gasteiger charge is -2.13. The molecule has 0 saturated carbocycles. The first-order valence-corrected chi connectivity index (χ1v) is 8.81. The average Bonchev–Trinajstić information content (AvgIpc) is 3.10. The molecule has 0 radical (unpaired) electrons. The van der Waals surface area contributed by atoms with Gasteiger partial charge >= 0.3 is 0 Å². The number of aryl methyl sites for hydroxylation is 3. The Hall–Kier alpha value is -1.00. The number of hydrogen-bond donors (Lipinski definition) is 0. The Morgan fingerprint density at radius 1 is 0.619 bits per heavy atom. The third kappa shape index (κ3) is 2.84. The Morgan fingerprint density at radius 3 is 1.10 bits per heavy atom. The van der Waals surface area contributed by atoms with Gasteiger partial charge in [-0.2, -0.15) is 0 Å². The van der Waals surface area contributed by atoms with Crippen LogP contribution in [0.2, 0.25) is 0 Å². The van der Waals surface area contributed by atoms with Gasteiger partial charge in [0.25, 0.3) is 16.5 Å². The molecule has 0 aliphatic carbocycles. The summed E-state index contributed by atoms with van der Waals surface area (Å²) in [5.74, 6) is 2.70. The van der Waals surface area contributed by atoms with Gasteiger partial charge in [0.15, 0.2) is 0 Å². The van der Waals surface area contributed by atoms with E-state index >= 15 is 0 Å². The molecule has 3 heterocycles. The van der Waals surface area contributed by atoms with Gasteiger partial charge < -0.3 is 37.2 Å². The Bertz CT molecular complexity index is 640. The predicted molar refractivity (Wildman–Crippen MR) is 82.1 cm³/mol. The Kier molecular flexibility index (Phi) is 4.69. The molecule has 0 spiro atoms.